The van der Waals surface area contributed by atoms with Gasteiger partial charge in [-0.15, -0.1) is 0 Å². The van der Waals surface area contributed by atoms with Crippen LogP contribution in [0, 0.1) is 12.8 Å². The van der Waals surface area contributed by atoms with Crippen LogP contribution in [0.25, 0.3) is 0 Å². The van der Waals surface area contributed by atoms with E-state index in [1.807, 2.05) is 6.07 Å². The summed E-state index contributed by atoms with van der Waals surface area (Å²) in [6.45, 7) is 3.63. The van der Waals surface area contributed by atoms with Crippen LogP contribution in [0.3, 0.4) is 0 Å². The molecular formula is C15H24N2O. The van der Waals surface area contributed by atoms with Gasteiger partial charge in [0.25, 0.3) is 0 Å². The quantitative estimate of drug-likeness (QED) is 0.859. The van der Waals surface area contributed by atoms with Crippen molar-refractivity contribution in [3.8, 4) is 5.75 Å². The predicted octanol–water partition coefficient (Wildman–Crippen LogP) is 2.26. The van der Waals surface area contributed by atoms with E-state index in [0.29, 0.717) is 17.7 Å². The fourth-order valence-corrected chi connectivity index (χ4v) is 3.10. The van der Waals surface area contributed by atoms with Crippen molar-refractivity contribution < 1.29 is 5.11 Å². The zero-order valence-corrected chi connectivity index (χ0v) is 11.4. The molecule has 1 aliphatic carbocycles. The lowest BCUT2D eigenvalue weighted by molar-refractivity contribution is 0.191. The number of phenolic OH excluding ortho intramolecular Hbond substituents is 1. The highest BCUT2D eigenvalue weighted by molar-refractivity contribution is 5.35. The molecule has 0 aliphatic heterocycles. The van der Waals surface area contributed by atoms with Gasteiger partial charge >= 0.3 is 0 Å². The van der Waals surface area contributed by atoms with Gasteiger partial charge in [0, 0.05) is 18.2 Å². The lowest BCUT2D eigenvalue weighted by atomic mass is 10.0. The van der Waals surface area contributed by atoms with Crippen LogP contribution in [0.5, 0.6) is 5.75 Å². The second-order valence-electron chi connectivity index (χ2n) is 5.54. The predicted molar refractivity (Wildman–Crippen MR) is 74.5 cm³/mol. The van der Waals surface area contributed by atoms with E-state index in [9.17, 15) is 5.11 Å². The smallest absolute Gasteiger partial charge is 0.120 e. The van der Waals surface area contributed by atoms with E-state index in [4.69, 9.17) is 5.73 Å². The Morgan fingerprint density at radius 2 is 2.17 bits per heavy atom. The molecule has 100 valence electrons. The van der Waals surface area contributed by atoms with Gasteiger partial charge in [0.2, 0.25) is 0 Å². The van der Waals surface area contributed by atoms with Crippen LogP contribution in [0.2, 0.25) is 0 Å². The van der Waals surface area contributed by atoms with Crippen LogP contribution in [-0.4, -0.2) is 29.6 Å². The molecule has 18 heavy (non-hydrogen) atoms. The molecule has 0 saturated heterocycles. The average molecular weight is 248 g/mol. The number of aryl methyl sites for hydroxylation is 1. The van der Waals surface area contributed by atoms with Gasteiger partial charge in [0.1, 0.15) is 5.75 Å². The van der Waals surface area contributed by atoms with Gasteiger partial charge < -0.3 is 10.8 Å². The van der Waals surface area contributed by atoms with Gasteiger partial charge in [-0.3, -0.25) is 4.90 Å². The summed E-state index contributed by atoms with van der Waals surface area (Å²) in [5, 5.41) is 9.90. The maximum atomic E-state index is 9.90. The van der Waals surface area contributed by atoms with E-state index in [2.05, 4.69) is 24.9 Å². The number of nitrogens with two attached hydrogens (primary N) is 1. The van der Waals surface area contributed by atoms with Crippen molar-refractivity contribution in [2.75, 3.05) is 13.6 Å². The zero-order valence-electron chi connectivity index (χ0n) is 11.4. The first-order valence-corrected chi connectivity index (χ1v) is 6.80. The van der Waals surface area contributed by atoms with Gasteiger partial charge in [-0.05, 0) is 45.3 Å². The third-order valence-corrected chi connectivity index (χ3v) is 4.14. The Morgan fingerprint density at radius 3 is 2.89 bits per heavy atom. The molecule has 1 aromatic rings. The highest BCUT2D eigenvalue weighted by atomic mass is 16.3. The van der Waals surface area contributed by atoms with Crippen molar-refractivity contribution in [1.29, 1.82) is 0 Å². The molecule has 1 saturated carbocycles. The van der Waals surface area contributed by atoms with E-state index in [1.54, 1.807) is 6.07 Å². The Labute approximate surface area is 110 Å². The summed E-state index contributed by atoms with van der Waals surface area (Å²) in [5.41, 5.74) is 8.04. The second-order valence-corrected chi connectivity index (χ2v) is 5.54. The van der Waals surface area contributed by atoms with Crippen molar-refractivity contribution in [3.05, 3.63) is 29.3 Å². The molecule has 1 aliphatic rings. The minimum atomic E-state index is 0.398. The highest BCUT2D eigenvalue weighted by Crippen LogP contribution is 2.30. The van der Waals surface area contributed by atoms with Gasteiger partial charge in [0.15, 0.2) is 0 Å². The van der Waals surface area contributed by atoms with Gasteiger partial charge in [-0.25, -0.2) is 0 Å². The van der Waals surface area contributed by atoms with Crippen molar-refractivity contribution in [2.24, 2.45) is 11.7 Å². The van der Waals surface area contributed by atoms with E-state index >= 15 is 0 Å². The van der Waals surface area contributed by atoms with E-state index in [0.717, 1.165) is 18.7 Å². The summed E-state index contributed by atoms with van der Waals surface area (Å²) in [4.78, 5) is 2.35. The van der Waals surface area contributed by atoms with Crippen LogP contribution in [0.4, 0.5) is 0 Å². The standard InChI is InChI=1S/C15H24N2O/c1-11-6-7-15(18)13(8-11)10-17(2)14-5-3-4-12(14)9-16/h6-8,12,14,18H,3-5,9-10,16H2,1-2H3. The summed E-state index contributed by atoms with van der Waals surface area (Å²) in [6.07, 6.45) is 3.74. The van der Waals surface area contributed by atoms with Crippen LogP contribution >= 0.6 is 0 Å². The van der Waals surface area contributed by atoms with Gasteiger partial charge in [-0.2, -0.15) is 0 Å². The second kappa shape index (κ2) is 5.72. The molecule has 0 bridgehead atoms. The molecule has 1 fully saturated rings. The number of aromatic hydroxyl groups is 1. The Hall–Kier alpha value is -1.06. The van der Waals surface area contributed by atoms with Crippen molar-refractivity contribution in [3.63, 3.8) is 0 Å². The lowest BCUT2D eigenvalue weighted by Crippen LogP contribution is -2.37. The molecule has 2 atom stereocenters. The molecule has 0 aromatic heterocycles. The van der Waals surface area contributed by atoms with Crippen LogP contribution in [0.1, 0.15) is 30.4 Å². The van der Waals surface area contributed by atoms with Gasteiger partial charge in [0.05, 0.1) is 0 Å². The molecule has 3 N–H and O–H groups in total. The molecule has 3 nitrogen and oxygen atoms in total. The van der Waals surface area contributed by atoms with Crippen LogP contribution < -0.4 is 5.73 Å². The molecular weight excluding hydrogens is 224 g/mol. The number of rotatable bonds is 4. The maximum Gasteiger partial charge on any atom is 0.120 e. The Bertz CT molecular complexity index is 405. The molecule has 1 aromatic carbocycles. The third kappa shape index (κ3) is 2.85. The maximum absolute atomic E-state index is 9.90. The molecule has 0 amide bonds. The molecule has 0 spiro atoms. The minimum absolute atomic E-state index is 0.398. The largest absolute Gasteiger partial charge is 0.508 e. The summed E-state index contributed by atoms with van der Waals surface area (Å²) >= 11 is 0. The molecule has 0 heterocycles. The van der Waals surface area contributed by atoms with E-state index in [1.165, 1.54) is 24.8 Å². The van der Waals surface area contributed by atoms with Gasteiger partial charge in [-0.1, -0.05) is 24.1 Å². The highest BCUT2D eigenvalue weighted by Gasteiger charge is 2.29. The molecule has 0 radical (unpaired) electrons. The first kappa shape index (κ1) is 13.4. The first-order chi connectivity index (χ1) is 8.61. The van der Waals surface area contributed by atoms with Crippen molar-refractivity contribution >= 4 is 0 Å². The molecule has 2 unspecified atom stereocenters. The van der Waals surface area contributed by atoms with Crippen molar-refractivity contribution in [2.45, 2.75) is 38.8 Å². The normalized spacial score (nSPS) is 23.8. The Kier molecular flexibility index (Phi) is 4.25. The Balaban J connectivity index is 2.06. The average Bonchev–Trinajstić information content (AvgIpc) is 2.82. The summed E-state index contributed by atoms with van der Waals surface area (Å²) in [5.74, 6) is 1.01. The van der Waals surface area contributed by atoms with Crippen LogP contribution in [-0.2, 0) is 6.54 Å². The summed E-state index contributed by atoms with van der Waals surface area (Å²) in [7, 11) is 2.14. The summed E-state index contributed by atoms with van der Waals surface area (Å²) in [6, 6.07) is 6.36. The fraction of sp³-hybridized carbons (Fsp3) is 0.600. The summed E-state index contributed by atoms with van der Waals surface area (Å²) < 4.78 is 0. The van der Waals surface area contributed by atoms with Crippen molar-refractivity contribution in [1.82, 2.24) is 4.90 Å². The third-order valence-electron chi connectivity index (χ3n) is 4.14. The molecule has 2 rings (SSSR count). The van der Waals surface area contributed by atoms with E-state index in [-0.39, 0.29) is 0 Å². The van der Waals surface area contributed by atoms with E-state index < -0.39 is 0 Å². The number of phenols is 1. The zero-order chi connectivity index (χ0) is 13.1. The number of nitrogens with zero attached hydrogens (tertiary/aromatic N) is 1. The number of benzene rings is 1. The lowest BCUT2D eigenvalue weighted by Gasteiger charge is -2.29. The monoisotopic (exact) mass is 248 g/mol. The Morgan fingerprint density at radius 1 is 1.39 bits per heavy atom. The molecule has 3 heteroatoms. The van der Waals surface area contributed by atoms with Crippen LogP contribution in [0.15, 0.2) is 18.2 Å². The first-order valence-electron chi connectivity index (χ1n) is 6.80. The fourth-order valence-electron chi connectivity index (χ4n) is 3.10. The topological polar surface area (TPSA) is 49.5 Å². The number of hydrogen-bond acceptors (Lipinski definition) is 3. The SMILES string of the molecule is Cc1ccc(O)c(CN(C)C2CCCC2CN)c1. The minimum Gasteiger partial charge on any atom is -0.508 e. The number of hydrogen-bond donors (Lipinski definition) is 2.